The number of rotatable bonds is 6. The first kappa shape index (κ1) is 14.8. The van der Waals surface area contributed by atoms with Gasteiger partial charge in [0.1, 0.15) is 5.75 Å². The Hall–Kier alpha value is -1.27. The third-order valence-corrected chi connectivity index (χ3v) is 3.20. The fraction of sp³-hybridized carbons (Fsp3) is 0.417. The van der Waals surface area contributed by atoms with Crippen molar-refractivity contribution in [2.45, 2.75) is 13.5 Å². The Morgan fingerprint density at radius 3 is 2.78 bits per heavy atom. The molecule has 0 aliphatic carbocycles. The van der Waals surface area contributed by atoms with Crippen LogP contribution in [-0.2, 0) is 6.54 Å². The summed E-state index contributed by atoms with van der Waals surface area (Å²) in [5.74, 6) is 1.02. The highest BCUT2D eigenvalue weighted by molar-refractivity contribution is 9.10. The van der Waals surface area contributed by atoms with Crippen molar-refractivity contribution in [2.75, 3.05) is 20.2 Å². The second kappa shape index (κ2) is 7.23. The number of benzene rings is 1. The van der Waals surface area contributed by atoms with Gasteiger partial charge in [-0.2, -0.15) is 0 Å². The van der Waals surface area contributed by atoms with E-state index in [-0.39, 0.29) is 5.84 Å². The molecule has 18 heavy (non-hydrogen) atoms. The van der Waals surface area contributed by atoms with Crippen LogP contribution in [0.5, 0.6) is 5.75 Å². The van der Waals surface area contributed by atoms with Gasteiger partial charge in [-0.3, -0.25) is 4.90 Å². The maximum absolute atomic E-state index is 8.57. The Morgan fingerprint density at radius 2 is 2.28 bits per heavy atom. The molecule has 0 aliphatic rings. The van der Waals surface area contributed by atoms with Gasteiger partial charge in [-0.15, -0.1) is 0 Å². The van der Waals surface area contributed by atoms with Gasteiger partial charge in [0.25, 0.3) is 0 Å². The SMILES string of the molecule is CCN(CC(N)=NO)Cc1ccc(OC)c(Br)c1. The predicted molar refractivity (Wildman–Crippen MR) is 75.1 cm³/mol. The first-order valence-corrected chi connectivity index (χ1v) is 6.41. The lowest BCUT2D eigenvalue weighted by Gasteiger charge is -2.19. The van der Waals surface area contributed by atoms with Gasteiger partial charge in [0.05, 0.1) is 18.1 Å². The quantitative estimate of drug-likeness (QED) is 0.365. The van der Waals surface area contributed by atoms with E-state index in [1.807, 2.05) is 25.1 Å². The van der Waals surface area contributed by atoms with Crippen LogP contribution in [0.1, 0.15) is 12.5 Å². The summed E-state index contributed by atoms with van der Waals surface area (Å²) in [6.45, 7) is 4.02. The molecule has 0 radical (unpaired) electrons. The number of nitrogens with zero attached hydrogens (tertiary/aromatic N) is 2. The normalized spacial score (nSPS) is 11.9. The summed E-state index contributed by atoms with van der Waals surface area (Å²) in [7, 11) is 1.64. The van der Waals surface area contributed by atoms with Crippen LogP contribution in [0.25, 0.3) is 0 Å². The van der Waals surface area contributed by atoms with Gasteiger partial charge < -0.3 is 15.7 Å². The first-order chi connectivity index (χ1) is 8.60. The second-order valence-corrected chi connectivity index (χ2v) is 4.72. The summed E-state index contributed by atoms with van der Waals surface area (Å²) in [6, 6.07) is 5.92. The van der Waals surface area contributed by atoms with Crippen molar-refractivity contribution in [1.29, 1.82) is 0 Å². The molecule has 6 heteroatoms. The minimum absolute atomic E-state index is 0.212. The Labute approximate surface area is 115 Å². The molecule has 1 rings (SSSR count). The number of oxime groups is 1. The van der Waals surface area contributed by atoms with Crippen molar-refractivity contribution in [3.63, 3.8) is 0 Å². The maximum Gasteiger partial charge on any atom is 0.153 e. The van der Waals surface area contributed by atoms with E-state index < -0.39 is 0 Å². The molecule has 0 unspecified atom stereocenters. The lowest BCUT2D eigenvalue weighted by Crippen LogP contribution is -2.33. The smallest absolute Gasteiger partial charge is 0.153 e. The third kappa shape index (κ3) is 4.19. The van der Waals surface area contributed by atoms with Gasteiger partial charge in [-0.05, 0) is 40.2 Å². The molecule has 0 spiro atoms. The van der Waals surface area contributed by atoms with Gasteiger partial charge in [-0.25, -0.2) is 0 Å². The zero-order valence-corrected chi connectivity index (χ0v) is 12.1. The summed E-state index contributed by atoms with van der Waals surface area (Å²) in [5.41, 5.74) is 6.64. The van der Waals surface area contributed by atoms with Crippen molar-refractivity contribution < 1.29 is 9.94 Å². The molecule has 1 aromatic rings. The predicted octanol–water partition coefficient (Wildman–Crippen LogP) is 2.03. The van der Waals surface area contributed by atoms with E-state index in [0.29, 0.717) is 6.54 Å². The average Bonchev–Trinajstić information content (AvgIpc) is 2.38. The van der Waals surface area contributed by atoms with E-state index in [4.69, 9.17) is 15.7 Å². The fourth-order valence-electron chi connectivity index (χ4n) is 1.61. The molecule has 100 valence electrons. The highest BCUT2D eigenvalue weighted by Crippen LogP contribution is 2.25. The molecule has 0 aromatic heterocycles. The fourth-order valence-corrected chi connectivity index (χ4v) is 2.19. The summed E-state index contributed by atoms with van der Waals surface area (Å²) in [5, 5.41) is 11.6. The third-order valence-electron chi connectivity index (χ3n) is 2.58. The summed E-state index contributed by atoms with van der Waals surface area (Å²) in [6.07, 6.45) is 0. The van der Waals surface area contributed by atoms with E-state index in [1.165, 1.54) is 0 Å². The Kier molecular flexibility index (Phi) is 5.94. The number of amidine groups is 1. The molecular weight excluding hydrogens is 298 g/mol. The number of hydrogen-bond acceptors (Lipinski definition) is 4. The van der Waals surface area contributed by atoms with Crippen LogP contribution in [-0.4, -0.2) is 36.1 Å². The summed E-state index contributed by atoms with van der Waals surface area (Å²) < 4.78 is 6.10. The molecule has 0 heterocycles. The van der Waals surface area contributed by atoms with Crippen LogP contribution < -0.4 is 10.5 Å². The summed E-state index contributed by atoms with van der Waals surface area (Å²) in [4.78, 5) is 2.07. The van der Waals surface area contributed by atoms with Crippen LogP contribution in [0.4, 0.5) is 0 Å². The second-order valence-electron chi connectivity index (χ2n) is 3.86. The molecule has 0 aliphatic heterocycles. The van der Waals surface area contributed by atoms with Crippen LogP contribution in [0.2, 0.25) is 0 Å². The molecular formula is C12H18BrN3O2. The Balaban J connectivity index is 2.73. The topological polar surface area (TPSA) is 71.1 Å². The van der Waals surface area contributed by atoms with Gasteiger partial charge in [0, 0.05) is 6.54 Å². The molecule has 3 N–H and O–H groups in total. The highest BCUT2D eigenvalue weighted by atomic mass is 79.9. The van der Waals surface area contributed by atoms with Crippen molar-refractivity contribution in [2.24, 2.45) is 10.9 Å². The zero-order chi connectivity index (χ0) is 13.5. The highest BCUT2D eigenvalue weighted by Gasteiger charge is 2.08. The van der Waals surface area contributed by atoms with Gasteiger partial charge >= 0.3 is 0 Å². The standard InChI is InChI=1S/C12H18BrN3O2/c1-3-16(8-12(14)15-17)7-9-4-5-11(18-2)10(13)6-9/h4-6,17H,3,7-8H2,1-2H3,(H2,14,15). The Morgan fingerprint density at radius 1 is 1.56 bits per heavy atom. The van der Waals surface area contributed by atoms with Crippen LogP contribution >= 0.6 is 15.9 Å². The molecule has 0 amide bonds. The van der Waals surface area contributed by atoms with E-state index >= 15 is 0 Å². The van der Waals surface area contributed by atoms with Crippen molar-refractivity contribution >= 4 is 21.8 Å². The molecule has 0 bridgehead atoms. The largest absolute Gasteiger partial charge is 0.496 e. The molecule has 0 saturated carbocycles. The molecule has 1 aromatic carbocycles. The number of likely N-dealkylation sites (N-methyl/N-ethyl adjacent to an activating group) is 1. The maximum atomic E-state index is 8.57. The monoisotopic (exact) mass is 315 g/mol. The van der Waals surface area contributed by atoms with E-state index in [1.54, 1.807) is 7.11 Å². The number of methoxy groups -OCH3 is 1. The average molecular weight is 316 g/mol. The number of ether oxygens (including phenoxy) is 1. The van der Waals surface area contributed by atoms with E-state index in [0.717, 1.165) is 28.9 Å². The van der Waals surface area contributed by atoms with Crippen molar-refractivity contribution in [3.8, 4) is 5.75 Å². The minimum Gasteiger partial charge on any atom is -0.496 e. The number of nitrogens with two attached hydrogens (primary N) is 1. The molecule has 0 saturated heterocycles. The number of halogens is 1. The molecule has 0 atom stereocenters. The lowest BCUT2D eigenvalue weighted by atomic mass is 10.2. The van der Waals surface area contributed by atoms with E-state index in [9.17, 15) is 0 Å². The minimum atomic E-state index is 0.212. The first-order valence-electron chi connectivity index (χ1n) is 5.61. The zero-order valence-electron chi connectivity index (χ0n) is 10.6. The van der Waals surface area contributed by atoms with E-state index in [2.05, 4.69) is 26.0 Å². The van der Waals surface area contributed by atoms with Crippen LogP contribution in [0.15, 0.2) is 27.8 Å². The van der Waals surface area contributed by atoms with Crippen molar-refractivity contribution in [1.82, 2.24) is 4.90 Å². The summed E-state index contributed by atoms with van der Waals surface area (Å²) >= 11 is 3.45. The molecule has 5 nitrogen and oxygen atoms in total. The van der Waals surface area contributed by atoms with Gasteiger partial charge in [0.15, 0.2) is 5.84 Å². The van der Waals surface area contributed by atoms with Gasteiger partial charge in [0.2, 0.25) is 0 Å². The van der Waals surface area contributed by atoms with Gasteiger partial charge in [-0.1, -0.05) is 18.1 Å². The van der Waals surface area contributed by atoms with Crippen LogP contribution in [0.3, 0.4) is 0 Å². The lowest BCUT2D eigenvalue weighted by molar-refractivity contribution is 0.294. The Bertz CT molecular complexity index is 424. The molecule has 0 fully saturated rings. The van der Waals surface area contributed by atoms with Crippen molar-refractivity contribution in [3.05, 3.63) is 28.2 Å². The van der Waals surface area contributed by atoms with Crippen LogP contribution in [0, 0.1) is 0 Å². The number of hydrogen-bond donors (Lipinski definition) is 2.